The van der Waals surface area contributed by atoms with Gasteiger partial charge in [0.1, 0.15) is 0 Å². The molecular weight excluding hydrogens is 340 g/mol. The van der Waals surface area contributed by atoms with Crippen molar-refractivity contribution < 1.29 is 9.32 Å². The molecule has 1 aliphatic heterocycles. The molecule has 1 aromatic heterocycles. The van der Waals surface area contributed by atoms with Crippen molar-refractivity contribution in [3.8, 4) is 11.4 Å². The summed E-state index contributed by atoms with van der Waals surface area (Å²) in [5, 5.41) is 7.62. The second-order valence-electron chi connectivity index (χ2n) is 6.36. The smallest absolute Gasteiger partial charge is 0.241 e. The summed E-state index contributed by atoms with van der Waals surface area (Å²) >= 11 is 6.18. The zero-order valence-corrected chi connectivity index (χ0v) is 15.1. The Morgan fingerprint density at radius 3 is 3.08 bits per heavy atom. The summed E-state index contributed by atoms with van der Waals surface area (Å²) in [6, 6.07) is 7.43. The van der Waals surface area contributed by atoms with Crippen molar-refractivity contribution in [1.29, 1.82) is 0 Å². The van der Waals surface area contributed by atoms with Gasteiger partial charge in [0.05, 0.1) is 17.5 Å². The zero-order valence-electron chi connectivity index (χ0n) is 14.4. The highest BCUT2D eigenvalue weighted by molar-refractivity contribution is 6.33. The first kappa shape index (κ1) is 17.9. The lowest BCUT2D eigenvalue weighted by molar-refractivity contribution is -0.126. The lowest BCUT2D eigenvalue weighted by Crippen LogP contribution is -2.42. The summed E-state index contributed by atoms with van der Waals surface area (Å²) in [5.74, 6) is 1.22. The first-order valence-electron chi connectivity index (χ1n) is 8.75. The molecule has 134 valence electrons. The monoisotopic (exact) mass is 362 g/mol. The third kappa shape index (κ3) is 4.58. The highest BCUT2D eigenvalue weighted by atomic mass is 35.5. The summed E-state index contributed by atoms with van der Waals surface area (Å²) in [6.45, 7) is 5.00. The Morgan fingerprint density at radius 1 is 1.44 bits per heavy atom. The molecule has 0 radical (unpaired) electrons. The van der Waals surface area contributed by atoms with Gasteiger partial charge in [0.2, 0.25) is 17.6 Å². The molecule has 0 bridgehead atoms. The van der Waals surface area contributed by atoms with Gasteiger partial charge >= 0.3 is 0 Å². The predicted molar refractivity (Wildman–Crippen MR) is 96.0 cm³/mol. The summed E-state index contributed by atoms with van der Waals surface area (Å²) < 4.78 is 5.38. The van der Waals surface area contributed by atoms with Crippen LogP contribution in [0.4, 0.5) is 0 Å². The molecule has 1 unspecified atom stereocenters. The van der Waals surface area contributed by atoms with Crippen molar-refractivity contribution in [3.05, 3.63) is 35.2 Å². The molecule has 2 heterocycles. The molecule has 1 amide bonds. The maximum Gasteiger partial charge on any atom is 0.241 e. The van der Waals surface area contributed by atoms with Crippen LogP contribution in [0.25, 0.3) is 11.4 Å². The average molecular weight is 363 g/mol. The Morgan fingerprint density at radius 2 is 2.28 bits per heavy atom. The van der Waals surface area contributed by atoms with Crippen LogP contribution < -0.4 is 5.32 Å². The summed E-state index contributed by atoms with van der Waals surface area (Å²) in [6.07, 6.45) is 2.88. The number of piperidine rings is 1. The fourth-order valence-electron chi connectivity index (χ4n) is 3.07. The maximum atomic E-state index is 12.2. The van der Waals surface area contributed by atoms with Gasteiger partial charge in [-0.3, -0.25) is 9.69 Å². The lowest BCUT2D eigenvalue weighted by atomic mass is 9.97. The van der Waals surface area contributed by atoms with Gasteiger partial charge in [-0.2, -0.15) is 4.98 Å². The molecular formula is C18H23ClN4O2. The standard InChI is InChI=1S/C18H23ClN4O2/c1-2-9-20-18(24)13-6-5-10-23(11-13)12-16-21-17(22-25-16)14-7-3-4-8-15(14)19/h3-4,7-8,13H,2,5-6,9-12H2,1H3,(H,20,24). The van der Waals surface area contributed by atoms with Crippen LogP contribution in [-0.4, -0.2) is 40.6 Å². The average Bonchev–Trinajstić information content (AvgIpc) is 3.08. The van der Waals surface area contributed by atoms with Gasteiger partial charge in [-0.25, -0.2) is 0 Å². The molecule has 1 saturated heterocycles. The third-order valence-corrected chi connectivity index (χ3v) is 4.70. The Balaban J connectivity index is 1.61. The minimum absolute atomic E-state index is 0.0336. The molecule has 1 N–H and O–H groups in total. The van der Waals surface area contributed by atoms with E-state index in [1.807, 2.05) is 18.2 Å². The van der Waals surface area contributed by atoms with E-state index in [2.05, 4.69) is 27.3 Å². The fourth-order valence-corrected chi connectivity index (χ4v) is 3.29. The number of amides is 1. The summed E-state index contributed by atoms with van der Waals surface area (Å²) in [4.78, 5) is 18.8. The molecule has 1 fully saturated rings. The molecule has 7 heteroatoms. The number of nitrogens with zero attached hydrogens (tertiary/aromatic N) is 3. The van der Waals surface area contributed by atoms with E-state index >= 15 is 0 Å². The van der Waals surface area contributed by atoms with Crippen molar-refractivity contribution in [2.75, 3.05) is 19.6 Å². The molecule has 1 atom stereocenters. The molecule has 3 rings (SSSR count). The van der Waals surface area contributed by atoms with Crippen molar-refractivity contribution in [1.82, 2.24) is 20.4 Å². The van der Waals surface area contributed by atoms with Crippen LogP contribution in [0.5, 0.6) is 0 Å². The quantitative estimate of drug-likeness (QED) is 0.854. The number of carbonyl (C=O) groups excluding carboxylic acids is 1. The van der Waals surface area contributed by atoms with Gasteiger partial charge in [-0.05, 0) is 37.9 Å². The number of nitrogens with one attached hydrogen (secondary N) is 1. The van der Waals surface area contributed by atoms with Crippen LogP contribution in [0, 0.1) is 5.92 Å². The SMILES string of the molecule is CCCNC(=O)C1CCCN(Cc2nc(-c3ccccc3Cl)no2)C1. The number of halogens is 1. The van der Waals surface area contributed by atoms with Crippen molar-refractivity contribution in [2.45, 2.75) is 32.7 Å². The molecule has 1 aliphatic rings. The highest BCUT2D eigenvalue weighted by Gasteiger charge is 2.26. The van der Waals surface area contributed by atoms with E-state index in [4.69, 9.17) is 16.1 Å². The summed E-state index contributed by atoms with van der Waals surface area (Å²) in [7, 11) is 0. The van der Waals surface area contributed by atoms with E-state index in [1.165, 1.54) is 0 Å². The van der Waals surface area contributed by atoms with E-state index in [9.17, 15) is 4.79 Å². The second-order valence-corrected chi connectivity index (χ2v) is 6.76. The van der Waals surface area contributed by atoms with Crippen molar-refractivity contribution in [2.24, 2.45) is 5.92 Å². The Bertz CT molecular complexity index is 719. The lowest BCUT2D eigenvalue weighted by Gasteiger charge is -2.30. The highest BCUT2D eigenvalue weighted by Crippen LogP contribution is 2.25. The largest absolute Gasteiger partial charge is 0.356 e. The number of benzene rings is 1. The van der Waals surface area contributed by atoms with Crippen LogP contribution in [-0.2, 0) is 11.3 Å². The van der Waals surface area contributed by atoms with Gasteiger partial charge in [0.15, 0.2) is 0 Å². The van der Waals surface area contributed by atoms with E-state index < -0.39 is 0 Å². The number of hydrogen-bond acceptors (Lipinski definition) is 5. The first-order valence-corrected chi connectivity index (χ1v) is 9.12. The molecule has 0 aliphatic carbocycles. The van der Waals surface area contributed by atoms with Gasteiger partial charge in [-0.1, -0.05) is 35.8 Å². The van der Waals surface area contributed by atoms with Gasteiger partial charge in [0, 0.05) is 18.7 Å². The van der Waals surface area contributed by atoms with Gasteiger partial charge < -0.3 is 9.84 Å². The molecule has 0 spiro atoms. The Hall–Kier alpha value is -1.92. The second kappa shape index (κ2) is 8.45. The molecule has 2 aromatic rings. The third-order valence-electron chi connectivity index (χ3n) is 4.37. The van der Waals surface area contributed by atoms with E-state index in [0.717, 1.165) is 44.5 Å². The number of carbonyl (C=O) groups is 1. The van der Waals surface area contributed by atoms with Crippen LogP contribution in [0.2, 0.25) is 5.02 Å². The fraction of sp³-hybridized carbons (Fsp3) is 0.500. The predicted octanol–water partition coefficient (Wildman–Crippen LogP) is 3.13. The van der Waals surface area contributed by atoms with E-state index in [-0.39, 0.29) is 11.8 Å². The molecule has 1 aromatic carbocycles. The molecule has 6 nitrogen and oxygen atoms in total. The van der Waals surface area contributed by atoms with E-state index in [1.54, 1.807) is 6.07 Å². The van der Waals surface area contributed by atoms with Crippen LogP contribution in [0.15, 0.2) is 28.8 Å². The topological polar surface area (TPSA) is 71.3 Å². The number of aromatic nitrogens is 2. The van der Waals surface area contributed by atoms with Crippen LogP contribution >= 0.6 is 11.6 Å². The Kier molecular flexibility index (Phi) is 6.04. The van der Waals surface area contributed by atoms with Gasteiger partial charge in [0.25, 0.3) is 0 Å². The number of likely N-dealkylation sites (tertiary alicyclic amines) is 1. The van der Waals surface area contributed by atoms with Crippen LogP contribution in [0.3, 0.4) is 0 Å². The normalized spacial score (nSPS) is 18.2. The van der Waals surface area contributed by atoms with E-state index in [0.29, 0.717) is 23.3 Å². The van der Waals surface area contributed by atoms with Crippen LogP contribution in [0.1, 0.15) is 32.1 Å². The first-order chi connectivity index (χ1) is 12.2. The number of hydrogen-bond donors (Lipinski definition) is 1. The summed E-state index contributed by atoms with van der Waals surface area (Å²) in [5.41, 5.74) is 0.759. The minimum atomic E-state index is 0.0336. The molecule has 0 saturated carbocycles. The number of rotatable bonds is 6. The Labute approximate surface area is 152 Å². The van der Waals surface area contributed by atoms with Gasteiger partial charge in [-0.15, -0.1) is 0 Å². The zero-order chi connectivity index (χ0) is 17.6. The minimum Gasteiger partial charge on any atom is -0.356 e. The molecule has 25 heavy (non-hydrogen) atoms. The maximum absolute atomic E-state index is 12.2. The van der Waals surface area contributed by atoms with Crippen molar-refractivity contribution >= 4 is 17.5 Å². The van der Waals surface area contributed by atoms with Crippen molar-refractivity contribution in [3.63, 3.8) is 0 Å².